The number of amides is 1. The Morgan fingerprint density at radius 1 is 1.50 bits per heavy atom. The normalized spacial score (nSPS) is 21.5. The van der Waals surface area contributed by atoms with Gasteiger partial charge in [-0.25, -0.2) is 4.79 Å². The molecule has 12 heavy (non-hydrogen) atoms. The van der Waals surface area contributed by atoms with Gasteiger partial charge in [0, 0.05) is 5.54 Å². The number of piperidine rings is 1. The first-order valence-electron chi connectivity index (χ1n) is 4.23. The molecule has 0 radical (unpaired) electrons. The molecular weight excluding hydrogens is 156 g/mol. The highest BCUT2D eigenvalue weighted by atomic mass is 16.5. The lowest BCUT2D eigenvalue weighted by atomic mass is 9.91. The summed E-state index contributed by atoms with van der Waals surface area (Å²) in [5.41, 5.74) is -0.0850. The van der Waals surface area contributed by atoms with E-state index in [0.717, 1.165) is 25.9 Å². The third-order valence-corrected chi connectivity index (χ3v) is 2.30. The smallest absolute Gasteiger partial charge is 0.407 e. The fourth-order valence-corrected chi connectivity index (χ4v) is 1.40. The SMILES string of the molecule is COC(=O)NC1(C)CCNCC1. The third-order valence-electron chi connectivity index (χ3n) is 2.30. The minimum atomic E-state index is -0.334. The summed E-state index contributed by atoms with van der Waals surface area (Å²) in [6, 6.07) is 0. The number of methoxy groups -OCH3 is 1. The lowest BCUT2D eigenvalue weighted by molar-refractivity contribution is 0.150. The second-order valence-corrected chi connectivity index (χ2v) is 3.43. The van der Waals surface area contributed by atoms with Crippen LogP contribution in [-0.4, -0.2) is 31.8 Å². The lowest BCUT2D eigenvalue weighted by Gasteiger charge is -2.34. The molecule has 0 aromatic rings. The van der Waals surface area contributed by atoms with Crippen LogP contribution in [0.2, 0.25) is 0 Å². The maximum atomic E-state index is 10.9. The first-order chi connectivity index (χ1) is 5.66. The van der Waals surface area contributed by atoms with Gasteiger partial charge in [-0.1, -0.05) is 0 Å². The molecular formula is C8H16N2O2. The van der Waals surface area contributed by atoms with E-state index in [0.29, 0.717) is 0 Å². The summed E-state index contributed by atoms with van der Waals surface area (Å²) in [5.74, 6) is 0. The van der Waals surface area contributed by atoms with E-state index in [1.807, 2.05) is 6.92 Å². The maximum Gasteiger partial charge on any atom is 0.407 e. The molecule has 4 heteroatoms. The predicted octanol–water partition coefficient (Wildman–Crippen LogP) is 0.484. The average Bonchev–Trinajstić information content (AvgIpc) is 2.05. The molecule has 70 valence electrons. The fraction of sp³-hybridized carbons (Fsp3) is 0.875. The van der Waals surface area contributed by atoms with Gasteiger partial charge in [-0.3, -0.25) is 0 Å². The highest BCUT2D eigenvalue weighted by Crippen LogP contribution is 2.16. The van der Waals surface area contributed by atoms with Crippen molar-refractivity contribution in [3.8, 4) is 0 Å². The van der Waals surface area contributed by atoms with Crippen LogP contribution < -0.4 is 10.6 Å². The van der Waals surface area contributed by atoms with Crippen LogP contribution in [0.3, 0.4) is 0 Å². The Balaban J connectivity index is 2.41. The second kappa shape index (κ2) is 3.76. The van der Waals surface area contributed by atoms with E-state index in [9.17, 15) is 4.79 Å². The first kappa shape index (κ1) is 9.32. The Morgan fingerprint density at radius 3 is 2.58 bits per heavy atom. The zero-order valence-electron chi connectivity index (χ0n) is 7.64. The zero-order valence-corrected chi connectivity index (χ0v) is 7.64. The highest BCUT2D eigenvalue weighted by molar-refractivity contribution is 5.68. The molecule has 1 aliphatic heterocycles. The highest BCUT2D eigenvalue weighted by Gasteiger charge is 2.28. The number of carbonyl (C=O) groups excluding carboxylic acids is 1. The van der Waals surface area contributed by atoms with Crippen molar-refractivity contribution in [3.05, 3.63) is 0 Å². The number of rotatable bonds is 1. The van der Waals surface area contributed by atoms with E-state index in [-0.39, 0.29) is 11.6 Å². The van der Waals surface area contributed by atoms with Gasteiger partial charge in [-0.15, -0.1) is 0 Å². The van der Waals surface area contributed by atoms with Crippen LogP contribution in [0.5, 0.6) is 0 Å². The molecule has 1 rings (SSSR count). The van der Waals surface area contributed by atoms with Gasteiger partial charge < -0.3 is 15.4 Å². The van der Waals surface area contributed by atoms with Crippen LogP contribution in [-0.2, 0) is 4.74 Å². The standard InChI is InChI=1S/C8H16N2O2/c1-8(10-7(11)12-2)3-5-9-6-4-8/h9H,3-6H2,1-2H3,(H,10,11). The van der Waals surface area contributed by atoms with Crippen molar-refractivity contribution in [2.24, 2.45) is 0 Å². The number of carbonyl (C=O) groups is 1. The minimum Gasteiger partial charge on any atom is -0.453 e. The fourth-order valence-electron chi connectivity index (χ4n) is 1.40. The summed E-state index contributed by atoms with van der Waals surface area (Å²) in [6.45, 7) is 3.96. The van der Waals surface area contributed by atoms with Gasteiger partial charge in [0.25, 0.3) is 0 Å². The molecule has 2 N–H and O–H groups in total. The predicted molar refractivity (Wildman–Crippen MR) is 46.0 cm³/mol. The molecule has 0 aliphatic carbocycles. The Morgan fingerprint density at radius 2 is 2.08 bits per heavy atom. The molecule has 0 unspecified atom stereocenters. The first-order valence-corrected chi connectivity index (χ1v) is 4.23. The van der Waals surface area contributed by atoms with Gasteiger partial charge in [0.15, 0.2) is 0 Å². The molecule has 0 aromatic carbocycles. The lowest BCUT2D eigenvalue weighted by Crippen LogP contribution is -2.52. The van der Waals surface area contributed by atoms with Crippen molar-refractivity contribution in [3.63, 3.8) is 0 Å². The van der Waals surface area contributed by atoms with Crippen molar-refractivity contribution in [1.82, 2.24) is 10.6 Å². The number of ether oxygens (including phenoxy) is 1. The molecule has 0 atom stereocenters. The van der Waals surface area contributed by atoms with Gasteiger partial charge in [0.2, 0.25) is 0 Å². The van der Waals surface area contributed by atoms with Crippen LogP contribution in [0.1, 0.15) is 19.8 Å². The van der Waals surface area contributed by atoms with Crippen molar-refractivity contribution in [1.29, 1.82) is 0 Å². The number of hydrogen-bond donors (Lipinski definition) is 2. The van der Waals surface area contributed by atoms with Gasteiger partial charge in [-0.2, -0.15) is 0 Å². The van der Waals surface area contributed by atoms with Crippen molar-refractivity contribution in [2.45, 2.75) is 25.3 Å². The van der Waals surface area contributed by atoms with Crippen LogP contribution in [0.15, 0.2) is 0 Å². The van der Waals surface area contributed by atoms with Crippen LogP contribution in [0.4, 0.5) is 4.79 Å². The van der Waals surface area contributed by atoms with Crippen LogP contribution >= 0.6 is 0 Å². The van der Waals surface area contributed by atoms with Gasteiger partial charge >= 0.3 is 6.09 Å². The molecule has 1 heterocycles. The summed E-state index contributed by atoms with van der Waals surface area (Å²) >= 11 is 0. The summed E-state index contributed by atoms with van der Waals surface area (Å²) in [4.78, 5) is 10.9. The van der Waals surface area contributed by atoms with Gasteiger partial charge in [0.05, 0.1) is 7.11 Å². The molecule has 4 nitrogen and oxygen atoms in total. The van der Waals surface area contributed by atoms with E-state index in [2.05, 4.69) is 15.4 Å². The summed E-state index contributed by atoms with van der Waals surface area (Å²) in [5, 5.41) is 6.08. The molecule has 0 aromatic heterocycles. The largest absolute Gasteiger partial charge is 0.453 e. The maximum absolute atomic E-state index is 10.9. The summed E-state index contributed by atoms with van der Waals surface area (Å²) in [6.07, 6.45) is 1.59. The zero-order chi connectivity index (χ0) is 9.03. The Kier molecular flexibility index (Phi) is 2.92. The van der Waals surface area contributed by atoms with E-state index < -0.39 is 0 Å². The molecule has 0 bridgehead atoms. The van der Waals surface area contributed by atoms with Crippen molar-refractivity contribution >= 4 is 6.09 Å². The van der Waals surface area contributed by atoms with E-state index in [4.69, 9.17) is 0 Å². The number of nitrogens with one attached hydrogen (secondary N) is 2. The second-order valence-electron chi connectivity index (χ2n) is 3.43. The monoisotopic (exact) mass is 172 g/mol. The number of alkyl carbamates (subject to hydrolysis) is 1. The Bertz CT molecular complexity index is 164. The van der Waals surface area contributed by atoms with Gasteiger partial charge in [-0.05, 0) is 32.9 Å². The molecule has 1 fully saturated rings. The number of hydrogen-bond acceptors (Lipinski definition) is 3. The molecule has 0 saturated carbocycles. The summed E-state index contributed by atoms with van der Waals surface area (Å²) < 4.78 is 4.55. The molecule has 0 spiro atoms. The molecule has 1 aliphatic rings. The quantitative estimate of drug-likeness (QED) is 0.605. The van der Waals surface area contributed by atoms with E-state index >= 15 is 0 Å². The molecule has 1 saturated heterocycles. The Hall–Kier alpha value is -0.770. The van der Waals surface area contributed by atoms with Crippen molar-refractivity contribution < 1.29 is 9.53 Å². The van der Waals surface area contributed by atoms with E-state index in [1.54, 1.807) is 0 Å². The van der Waals surface area contributed by atoms with E-state index in [1.165, 1.54) is 7.11 Å². The van der Waals surface area contributed by atoms with Gasteiger partial charge in [0.1, 0.15) is 0 Å². The van der Waals surface area contributed by atoms with Crippen molar-refractivity contribution in [2.75, 3.05) is 20.2 Å². The van der Waals surface area contributed by atoms with Crippen LogP contribution in [0.25, 0.3) is 0 Å². The molecule has 1 amide bonds. The minimum absolute atomic E-state index is 0.0850. The third kappa shape index (κ3) is 2.37. The summed E-state index contributed by atoms with van der Waals surface area (Å²) in [7, 11) is 1.39. The average molecular weight is 172 g/mol. The Labute approximate surface area is 72.7 Å². The van der Waals surface area contributed by atoms with Crippen LogP contribution in [0, 0.1) is 0 Å². The topological polar surface area (TPSA) is 50.4 Å².